The van der Waals surface area contributed by atoms with Crippen LogP contribution in [-0.2, 0) is 9.53 Å². The number of rotatable bonds is 5. The number of carboxylic acids is 1. The maximum atomic E-state index is 10.6. The van der Waals surface area contributed by atoms with Gasteiger partial charge in [-0.2, -0.15) is 0 Å². The second kappa shape index (κ2) is 6.19. The number of methoxy groups -OCH3 is 1. The minimum atomic E-state index is -0.740. The number of ether oxygens (including phenoxy) is 1. The molecular weight excluding hydrogens is 228 g/mol. The average molecular weight is 252 g/mol. The zero-order valence-corrected chi connectivity index (χ0v) is 11.8. The summed E-state index contributed by atoms with van der Waals surface area (Å²) >= 11 is 0. The van der Waals surface area contributed by atoms with E-state index >= 15 is 0 Å². The van der Waals surface area contributed by atoms with Crippen LogP contribution in [0.15, 0.2) is 23.3 Å². The standard InChI is InChI=1S/C15H24O3/c1-15(2,3)10-12-9-11(6-8-14(16)17)5-7-13(12)18-4/h5,9,13H,6-8,10H2,1-4H3,(H,16,17). The fraction of sp³-hybridized carbons (Fsp3) is 0.667. The minimum Gasteiger partial charge on any atom is -0.481 e. The Morgan fingerprint density at radius 1 is 1.50 bits per heavy atom. The summed E-state index contributed by atoms with van der Waals surface area (Å²) in [5.41, 5.74) is 2.63. The van der Waals surface area contributed by atoms with E-state index < -0.39 is 5.97 Å². The highest BCUT2D eigenvalue weighted by atomic mass is 16.5. The highest BCUT2D eigenvalue weighted by molar-refractivity contribution is 5.67. The summed E-state index contributed by atoms with van der Waals surface area (Å²) in [6, 6.07) is 0. The molecular formula is C15H24O3. The van der Waals surface area contributed by atoms with Gasteiger partial charge in [-0.1, -0.05) is 38.5 Å². The first-order valence-corrected chi connectivity index (χ1v) is 6.46. The van der Waals surface area contributed by atoms with Crippen molar-refractivity contribution in [1.82, 2.24) is 0 Å². The van der Waals surface area contributed by atoms with E-state index in [2.05, 4.69) is 32.9 Å². The van der Waals surface area contributed by atoms with Crippen LogP contribution in [0.4, 0.5) is 0 Å². The molecule has 0 spiro atoms. The second-order valence-electron chi connectivity index (χ2n) is 6.09. The van der Waals surface area contributed by atoms with Crippen LogP contribution in [0, 0.1) is 5.41 Å². The van der Waals surface area contributed by atoms with Crippen molar-refractivity contribution < 1.29 is 14.6 Å². The molecule has 1 unspecified atom stereocenters. The van der Waals surface area contributed by atoms with Gasteiger partial charge in [0.2, 0.25) is 0 Å². The molecule has 1 N–H and O–H groups in total. The summed E-state index contributed by atoms with van der Waals surface area (Å²) in [5, 5.41) is 8.72. The number of carboxylic acid groups (broad SMARTS) is 1. The van der Waals surface area contributed by atoms with E-state index in [4.69, 9.17) is 9.84 Å². The molecule has 0 saturated heterocycles. The van der Waals surface area contributed by atoms with Gasteiger partial charge in [0.15, 0.2) is 0 Å². The Kier molecular flexibility index (Phi) is 5.15. The summed E-state index contributed by atoms with van der Waals surface area (Å²) in [7, 11) is 1.73. The van der Waals surface area contributed by atoms with E-state index in [1.807, 2.05) is 0 Å². The molecule has 0 aromatic carbocycles. The van der Waals surface area contributed by atoms with E-state index in [1.54, 1.807) is 7.11 Å². The quantitative estimate of drug-likeness (QED) is 0.813. The molecule has 0 amide bonds. The lowest BCUT2D eigenvalue weighted by atomic mass is 9.82. The summed E-state index contributed by atoms with van der Waals surface area (Å²) in [6.45, 7) is 6.61. The third kappa shape index (κ3) is 5.05. The van der Waals surface area contributed by atoms with Crippen LogP contribution in [0.25, 0.3) is 0 Å². The van der Waals surface area contributed by atoms with E-state index in [-0.39, 0.29) is 17.9 Å². The highest BCUT2D eigenvalue weighted by Gasteiger charge is 2.22. The molecule has 1 aliphatic rings. The highest BCUT2D eigenvalue weighted by Crippen LogP contribution is 2.32. The first kappa shape index (κ1) is 15.0. The Labute approximate surface area is 110 Å². The fourth-order valence-electron chi connectivity index (χ4n) is 2.25. The maximum Gasteiger partial charge on any atom is 0.303 e. The molecule has 1 rings (SSSR count). The van der Waals surface area contributed by atoms with Crippen LogP contribution < -0.4 is 0 Å². The van der Waals surface area contributed by atoms with Crippen LogP contribution in [0.2, 0.25) is 0 Å². The van der Waals surface area contributed by atoms with Crippen LogP contribution in [0.1, 0.15) is 46.5 Å². The summed E-state index contributed by atoms with van der Waals surface area (Å²) < 4.78 is 5.49. The molecule has 3 heteroatoms. The van der Waals surface area contributed by atoms with Gasteiger partial charge in [0.05, 0.1) is 6.10 Å². The molecule has 1 atom stereocenters. The molecule has 0 fully saturated rings. The molecule has 1 aliphatic carbocycles. The maximum absolute atomic E-state index is 10.6. The van der Waals surface area contributed by atoms with E-state index in [1.165, 1.54) is 5.57 Å². The molecule has 0 aromatic heterocycles. The Morgan fingerprint density at radius 3 is 2.67 bits per heavy atom. The summed E-state index contributed by atoms with van der Waals surface area (Å²) in [5.74, 6) is -0.740. The van der Waals surface area contributed by atoms with Gasteiger partial charge in [0, 0.05) is 13.5 Å². The van der Waals surface area contributed by atoms with E-state index in [9.17, 15) is 4.79 Å². The number of aliphatic carboxylic acids is 1. The Bertz CT molecular complexity index is 358. The van der Waals surface area contributed by atoms with Gasteiger partial charge in [-0.3, -0.25) is 4.79 Å². The number of allylic oxidation sites excluding steroid dienone is 2. The largest absolute Gasteiger partial charge is 0.481 e. The van der Waals surface area contributed by atoms with Gasteiger partial charge in [0.1, 0.15) is 0 Å². The predicted molar refractivity (Wildman–Crippen MR) is 72.5 cm³/mol. The third-order valence-corrected chi connectivity index (χ3v) is 3.02. The zero-order chi connectivity index (χ0) is 13.8. The van der Waals surface area contributed by atoms with Crippen LogP contribution >= 0.6 is 0 Å². The molecule has 0 radical (unpaired) electrons. The molecule has 3 nitrogen and oxygen atoms in total. The molecule has 0 bridgehead atoms. The van der Waals surface area contributed by atoms with Crippen molar-refractivity contribution in [1.29, 1.82) is 0 Å². The van der Waals surface area contributed by atoms with Gasteiger partial charge in [0.25, 0.3) is 0 Å². The topological polar surface area (TPSA) is 46.5 Å². The lowest BCUT2D eigenvalue weighted by molar-refractivity contribution is -0.136. The van der Waals surface area contributed by atoms with Gasteiger partial charge >= 0.3 is 5.97 Å². The normalized spacial score (nSPS) is 20.3. The molecule has 0 aliphatic heterocycles. The van der Waals surface area contributed by atoms with Crippen molar-refractivity contribution in [2.45, 2.75) is 52.6 Å². The number of hydrogen-bond donors (Lipinski definition) is 1. The second-order valence-corrected chi connectivity index (χ2v) is 6.09. The predicted octanol–water partition coefficient (Wildman–Crippen LogP) is 3.56. The van der Waals surface area contributed by atoms with Crippen molar-refractivity contribution in [2.24, 2.45) is 5.41 Å². The summed E-state index contributed by atoms with van der Waals surface area (Å²) in [6.07, 6.45) is 7.03. The van der Waals surface area contributed by atoms with Crippen LogP contribution in [-0.4, -0.2) is 24.3 Å². The number of hydrogen-bond acceptors (Lipinski definition) is 2. The molecule has 0 saturated carbocycles. The Balaban J connectivity index is 2.73. The van der Waals surface area contributed by atoms with Gasteiger partial charge in [-0.05, 0) is 30.3 Å². The van der Waals surface area contributed by atoms with Crippen LogP contribution in [0.5, 0.6) is 0 Å². The molecule has 102 valence electrons. The fourth-order valence-corrected chi connectivity index (χ4v) is 2.25. The molecule has 0 heterocycles. The van der Waals surface area contributed by atoms with Crippen molar-refractivity contribution in [3.63, 3.8) is 0 Å². The Morgan fingerprint density at radius 2 is 2.17 bits per heavy atom. The van der Waals surface area contributed by atoms with Gasteiger partial charge in [-0.15, -0.1) is 0 Å². The van der Waals surface area contributed by atoms with E-state index in [0.717, 1.165) is 18.4 Å². The van der Waals surface area contributed by atoms with Crippen LogP contribution in [0.3, 0.4) is 0 Å². The minimum absolute atomic E-state index is 0.151. The first-order valence-electron chi connectivity index (χ1n) is 6.46. The van der Waals surface area contributed by atoms with Gasteiger partial charge in [-0.25, -0.2) is 0 Å². The SMILES string of the molecule is COC1CC=C(CCC(=O)O)C=C1CC(C)(C)C. The average Bonchev–Trinajstić information content (AvgIpc) is 2.24. The van der Waals surface area contributed by atoms with Crippen molar-refractivity contribution >= 4 is 5.97 Å². The zero-order valence-electron chi connectivity index (χ0n) is 11.8. The molecule has 18 heavy (non-hydrogen) atoms. The lowest BCUT2D eigenvalue weighted by Crippen LogP contribution is -2.20. The Hall–Kier alpha value is -1.09. The summed E-state index contributed by atoms with van der Waals surface area (Å²) in [4.78, 5) is 10.6. The molecule has 0 aromatic rings. The smallest absolute Gasteiger partial charge is 0.303 e. The first-order chi connectivity index (χ1) is 8.31. The van der Waals surface area contributed by atoms with Gasteiger partial charge < -0.3 is 9.84 Å². The monoisotopic (exact) mass is 252 g/mol. The van der Waals surface area contributed by atoms with Crippen molar-refractivity contribution in [2.75, 3.05) is 7.11 Å². The lowest BCUT2D eigenvalue weighted by Gasteiger charge is -2.28. The third-order valence-electron chi connectivity index (χ3n) is 3.02. The van der Waals surface area contributed by atoms with Crippen molar-refractivity contribution in [3.05, 3.63) is 23.3 Å². The number of carbonyl (C=O) groups is 1. The van der Waals surface area contributed by atoms with E-state index in [0.29, 0.717) is 6.42 Å². The van der Waals surface area contributed by atoms with Crippen molar-refractivity contribution in [3.8, 4) is 0 Å².